The fraction of sp³-hybridized carbons (Fsp3) is 0.435. The standard InChI is InChI=1S/C23H30N2O2/c1-5-23(24(3)4,19-12-10-18(2)11-13-19)22(26)20-8-6-7-9-21(20)25-14-16-27-17-15-25/h6-13H,5,14-17H2,1-4H3. The van der Waals surface area contributed by atoms with E-state index < -0.39 is 5.54 Å². The molecule has 1 aliphatic rings. The van der Waals surface area contributed by atoms with Crippen molar-refractivity contribution in [1.82, 2.24) is 4.90 Å². The molecule has 0 radical (unpaired) electrons. The minimum Gasteiger partial charge on any atom is -0.378 e. The number of morpholine rings is 1. The van der Waals surface area contributed by atoms with Crippen LogP contribution in [-0.4, -0.2) is 51.1 Å². The lowest BCUT2D eigenvalue weighted by molar-refractivity contribution is 0.0660. The first-order valence-corrected chi connectivity index (χ1v) is 9.71. The minimum atomic E-state index is -0.684. The molecular weight excluding hydrogens is 336 g/mol. The number of nitrogens with zero attached hydrogens (tertiary/aromatic N) is 2. The monoisotopic (exact) mass is 366 g/mol. The topological polar surface area (TPSA) is 32.8 Å². The van der Waals surface area contributed by atoms with Gasteiger partial charge in [0.25, 0.3) is 0 Å². The zero-order chi connectivity index (χ0) is 19.4. The van der Waals surface area contributed by atoms with Crippen LogP contribution in [0.25, 0.3) is 0 Å². The fourth-order valence-electron chi connectivity index (χ4n) is 4.07. The van der Waals surface area contributed by atoms with Crippen molar-refractivity contribution in [2.45, 2.75) is 25.8 Å². The summed E-state index contributed by atoms with van der Waals surface area (Å²) in [6.45, 7) is 7.20. The average molecular weight is 367 g/mol. The number of aryl methyl sites for hydroxylation is 1. The van der Waals surface area contributed by atoms with Crippen molar-refractivity contribution < 1.29 is 9.53 Å². The molecule has 2 aromatic rings. The molecule has 0 saturated carbocycles. The van der Waals surface area contributed by atoms with Crippen LogP contribution in [0.1, 0.15) is 34.8 Å². The molecule has 0 aromatic heterocycles. The van der Waals surface area contributed by atoms with Gasteiger partial charge < -0.3 is 9.64 Å². The van der Waals surface area contributed by atoms with Gasteiger partial charge in [0, 0.05) is 24.3 Å². The number of Topliss-reactive ketones (excluding diaryl/α,β-unsaturated/α-hetero) is 1. The molecule has 0 spiro atoms. The Bertz CT molecular complexity index is 779. The third-order valence-electron chi connectivity index (χ3n) is 5.68. The molecule has 0 amide bonds. The summed E-state index contributed by atoms with van der Waals surface area (Å²) in [4.78, 5) is 18.3. The molecule has 0 bridgehead atoms. The number of carbonyl (C=O) groups excluding carboxylic acids is 1. The van der Waals surface area contributed by atoms with Gasteiger partial charge in [0.15, 0.2) is 5.78 Å². The second-order valence-corrected chi connectivity index (χ2v) is 7.42. The molecule has 2 aromatic carbocycles. The van der Waals surface area contributed by atoms with E-state index in [1.54, 1.807) is 0 Å². The number of benzene rings is 2. The molecule has 27 heavy (non-hydrogen) atoms. The van der Waals surface area contributed by atoms with Gasteiger partial charge in [-0.2, -0.15) is 0 Å². The molecule has 4 nitrogen and oxygen atoms in total. The highest BCUT2D eigenvalue weighted by Gasteiger charge is 2.42. The van der Waals surface area contributed by atoms with Gasteiger partial charge in [-0.15, -0.1) is 0 Å². The molecule has 1 saturated heterocycles. The predicted octanol–water partition coefficient (Wildman–Crippen LogP) is 3.88. The highest BCUT2D eigenvalue weighted by Crippen LogP contribution is 2.37. The van der Waals surface area contributed by atoms with Crippen LogP contribution in [0.5, 0.6) is 0 Å². The summed E-state index contributed by atoms with van der Waals surface area (Å²) in [5.41, 5.74) is 3.36. The van der Waals surface area contributed by atoms with Crippen molar-refractivity contribution in [2.75, 3.05) is 45.3 Å². The summed E-state index contributed by atoms with van der Waals surface area (Å²) >= 11 is 0. The van der Waals surface area contributed by atoms with Gasteiger partial charge in [-0.25, -0.2) is 0 Å². The first-order chi connectivity index (χ1) is 13.0. The van der Waals surface area contributed by atoms with Gasteiger partial charge in [-0.05, 0) is 45.1 Å². The SMILES string of the molecule is CCC(C(=O)c1ccccc1N1CCOCC1)(c1ccc(C)cc1)N(C)C. The summed E-state index contributed by atoms with van der Waals surface area (Å²) in [6, 6.07) is 16.4. The summed E-state index contributed by atoms with van der Waals surface area (Å²) in [7, 11) is 4.00. The average Bonchev–Trinajstić information content (AvgIpc) is 2.70. The van der Waals surface area contributed by atoms with Crippen LogP contribution >= 0.6 is 0 Å². The zero-order valence-corrected chi connectivity index (χ0v) is 16.9. The molecule has 3 rings (SSSR count). The second kappa shape index (κ2) is 8.24. The summed E-state index contributed by atoms with van der Waals surface area (Å²) in [6.07, 6.45) is 0.708. The zero-order valence-electron chi connectivity index (χ0n) is 16.9. The molecule has 1 fully saturated rings. The summed E-state index contributed by atoms with van der Waals surface area (Å²) < 4.78 is 5.49. The van der Waals surface area contributed by atoms with Crippen molar-refractivity contribution >= 4 is 11.5 Å². The Morgan fingerprint density at radius 3 is 2.30 bits per heavy atom. The van der Waals surface area contributed by atoms with Gasteiger partial charge in [0.05, 0.1) is 13.2 Å². The van der Waals surface area contributed by atoms with E-state index in [0.717, 1.165) is 29.9 Å². The van der Waals surface area contributed by atoms with Gasteiger partial charge in [-0.1, -0.05) is 48.9 Å². The normalized spacial score (nSPS) is 17.0. The molecule has 1 unspecified atom stereocenters. The number of rotatable bonds is 6. The van der Waals surface area contributed by atoms with Crippen LogP contribution in [-0.2, 0) is 10.3 Å². The second-order valence-electron chi connectivity index (χ2n) is 7.42. The lowest BCUT2D eigenvalue weighted by Crippen LogP contribution is -2.48. The lowest BCUT2D eigenvalue weighted by Gasteiger charge is -2.40. The Hall–Kier alpha value is -2.17. The molecule has 1 aliphatic heterocycles. The first kappa shape index (κ1) is 19.6. The van der Waals surface area contributed by atoms with Crippen molar-refractivity contribution in [3.63, 3.8) is 0 Å². The van der Waals surface area contributed by atoms with Gasteiger partial charge >= 0.3 is 0 Å². The number of hydrogen-bond donors (Lipinski definition) is 0. The Morgan fingerprint density at radius 2 is 1.70 bits per heavy atom. The molecule has 0 N–H and O–H groups in total. The van der Waals surface area contributed by atoms with E-state index in [0.29, 0.717) is 19.6 Å². The molecule has 1 atom stereocenters. The summed E-state index contributed by atoms with van der Waals surface area (Å²) in [5.74, 6) is 0.154. The van der Waals surface area contributed by atoms with E-state index in [-0.39, 0.29) is 5.78 Å². The van der Waals surface area contributed by atoms with Gasteiger partial charge in [0.1, 0.15) is 5.54 Å². The molecule has 0 aliphatic carbocycles. The van der Waals surface area contributed by atoms with Crippen LogP contribution in [0.2, 0.25) is 0 Å². The third kappa shape index (κ3) is 3.64. The Labute approximate surface area is 162 Å². The van der Waals surface area contributed by atoms with E-state index in [4.69, 9.17) is 4.74 Å². The molecule has 4 heteroatoms. The maximum absolute atomic E-state index is 14.0. The number of likely N-dealkylation sites (N-methyl/N-ethyl adjacent to an activating group) is 1. The van der Waals surface area contributed by atoms with E-state index >= 15 is 0 Å². The van der Waals surface area contributed by atoms with Gasteiger partial charge in [0.2, 0.25) is 0 Å². The maximum Gasteiger partial charge on any atom is 0.189 e. The predicted molar refractivity (Wildman–Crippen MR) is 111 cm³/mol. The van der Waals surface area contributed by atoms with Crippen LogP contribution in [0.4, 0.5) is 5.69 Å². The number of ether oxygens (including phenoxy) is 1. The van der Waals surface area contributed by atoms with Crippen LogP contribution < -0.4 is 4.90 Å². The largest absolute Gasteiger partial charge is 0.378 e. The van der Waals surface area contributed by atoms with Crippen LogP contribution in [0.3, 0.4) is 0 Å². The van der Waals surface area contributed by atoms with E-state index in [1.165, 1.54) is 5.56 Å². The number of anilines is 1. The van der Waals surface area contributed by atoms with Crippen molar-refractivity contribution in [2.24, 2.45) is 0 Å². The highest BCUT2D eigenvalue weighted by atomic mass is 16.5. The fourth-order valence-corrected chi connectivity index (χ4v) is 4.07. The number of hydrogen-bond acceptors (Lipinski definition) is 4. The van der Waals surface area contributed by atoms with Crippen molar-refractivity contribution in [3.8, 4) is 0 Å². The van der Waals surface area contributed by atoms with E-state index in [2.05, 4.69) is 54.0 Å². The van der Waals surface area contributed by atoms with Gasteiger partial charge in [-0.3, -0.25) is 9.69 Å². The number of para-hydroxylation sites is 1. The minimum absolute atomic E-state index is 0.154. The van der Waals surface area contributed by atoms with Crippen molar-refractivity contribution in [1.29, 1.82) is 0 Å². The van der Waals surface area contributed by atoms with Crippen molar-refractivity contribution in [3.05, 3.63) is 65.2 Å². The third-order valence-corrected chi connectivity index (χ3v) is 5.68. The van der Waals surface area contributed by atoms with Crippen LogP contribution in [0, 0.1) is 6.92 Å². The lowest BCUT2D eigenvalue weighted by atomic mass is 9.78. The number of ketones is 1. The van der Waals surface area contributed by atoms with E-state index in [9.17, 15) is 4.79 Å². The summed E-state index contributed by atoms with van der Waals surface area (Å²) in [5, 5.41) is 0. The first-order valence-electron chi connectivity index (χ1n) is 9.71. The number of carbonyl (C=O) groups is 1. The molecular formula is C23H30N2O2. The maximum atomic E-state index is 14.0. The molecule has 144 valence electrons. The smallest absolute Gasteiger partial charge is 0.189 e. The molecule has 1 heterocycles. The Morgan fingerprint density at radius 1 is 1.07 bits per heavy atom. The Balaban J connectivity index is 2.09. The Kier molecular flexibility index (Phi) is 5.98. The van der Waals surface area contributed by atoms with Crippen LogP contribution in [0.15, 0.2) is 48.5 Å². The highest BCUT2D eigenvalue weighted by molar-refractivity contribution is 6.07. The quantitative estimate of drug-likeness (QED) is 0.727. The van der Waals surface area contributed by atoms with E-state index in [1.807, 2.05) is 32.3 Å².